The molecule has 2 rings (SSSR count). The molecular formula is C14H27ClN2O. The van der Waals surface area contributed by atoms with Gasteiger partial charge in [0, 0.05) is 11.5 Å². The summed E-state index contributed by atoms with van der Waals surface area (Å²) in [7, 11) is 0. The second-order valence-electron chi connectivity index (χ2n) is 6.26. The summed E-state index contributed by atoms with van der Waals surface area (Å²) in [4.78, 5) is 12.2. The van der Waals surface area contributed by atoms with Crippen molar-refractivity contribution in [3.63, 3.8) is 0 Å². The van der Waals surface area contributed by atoms with E-state index in [2.05, 4.69) is 24.5 Å². The van der Waals surface area contributed by atoms with E-state index in [0.717, 1.165) is 44.7 Å². The van der Waals surface area contributed by atoms with E-state index >= 15 is 0 Å². The molecule has 0 spiro atoms. The standard InChI is InChI=1S/C14H26N2O.ClH/c1-11-3-7-14(2,8-4-11)16-13(17)12-5-9-15-10-6-12;/h11-12,15H,3-10H2,1-2H3,(H,16,17);1H. The Bertz CT molecular complexity index is 269. The highest BCUT2D eigenvalue weighted by atomic mass is 35.5. The summed E-state index contributed by atoms with van der Waals surface area (Å²) in [6.45, 7) is 6.52. The molecule has 0 bridgehead atoms. The fourth-order valence-corrected chi connectivity index (χ4v) is 3.01. The van der Waals surface area contributed by atoms with E-state index in [1.54, 1.807) is 0 Å². The molecule has 1 saturated carbocycles. The monoisotopic (exact) mass is 274 g/mol. The van der Waals surface area contributed by atoms with E-state index in [-0.39, 0.29) is 23.9 Å². The maximum atomic E-state index is 12.2. The van der Waals surface area contributed by atoms with E-state index in [1.165, 1.54) is 12.8 Å². The highest BCUT2D eigenvalue weighted by Gasteiger charge is 2.33. The molecule has 1 heterocycles. The topological polar surface area (TPSA) is 41.1 Å². The van der Waals surface area contributed by atoms with E-state index in [9.17, 15) is 4.79 Å². The Morgan fingerprint density at radius 2 is 1.72 bits per heavy atom. The van der Waals surface area contributed by atoms with Crippen molar-refractivity contribution in [1.82, 2.24) is 10.6 Å². The minimum atomic E-state index is 0. The van der Waals surface area contributed by atoms with Gasteiger partial charge in [-0.2, -0.15) is 0 Å². The van der Waals surface area contributed by atoms with Crippen molar-refractivity contribution in [1.29, 1.82) is 0 Å². The van der Waals surface area contributed by atoms with E-state index in [4.69, 9.17) is 0 Å². The minimum Gasteiger partial charge on any atom is -0.351 e. The van der Waals surface area contributed by atoms with Crippen LogP contribution in [0.1, 0.15) is 52.4 Å². The summed E-state index contributed by atoms with van der Waals surface area (Å²) < 4.78 is 0. The SMILES string of the molecule is CC1CCC(C)(NC(=O)C2CCNCC2)CC1.Cl. The van der Waals surface area contributed by atoms with Crippen LogP contribution >= 0.6 is 12.4 Å². The van der Waals surface area contributed by atoms with Gasteiger partial charge < -0.3 is 10.6 Å². The largest absolute Gasteiger partial charge is 0.351 e. The molecule has 0 radical (unpaired) electrons. The van der Waals surface area contributed by atoms with Crippen molar-refractivity contribution in [3.8, 4) is 0 Å². The van der Waals surface area contributed by atoms with Crippen LogP contribution in [0.3, 0.4) is 0 Å². The molecule has 3 nitrogen and oxygen atoms in total. The first-order valence-electron chi connectivity index (χ1n) is 7.12. The van der Waals surface area contributed by atoms with Crippen molar-refractivity contribution in [2.75, 3.05) is 13.1 Å². The summed E-state index contributed by atoms with van der Waals surface area (Å²) in [6.07, 6.45) is 6.79. The lowest BCUT2D eigenvalue weighted by Crippen LogP contribution is -2.51. The zero-order valence-corrected chi connectivity index (χ0v) is 12.4. The summed E-state index contributed by atoms with van der Waals surface area (Å²) in [5.41, 5.74) is 0.0640. The maximum absolute atomic E-state index is 12.2. The molecule has 1 saturated heterocycles. The predicted molar refractivity (Wildman–Crippen MR) is 77.0 cm³/mol. The van der Waals surface area contributed by atoms with Crippen LogP contribution in [0.15, 0.2) is 0 Å². The van der Waals surface area contributed by atoms with Gasteiger partial charge in [-0.05, 0) is 64.5 Å². The number of hydrogen-bond acceptors (Lipinski definition) is 2. The molecule has 0 aromatic heterocycles. The number of halogens is 1. The number of nitrogens with one attached hydrogen (secondary N) is 2. The predicted octanol–water partition coefficient (Wildman–Crippen LogP) is 2.49. The highest BCUT2D eigenvalue weighted by Crippen LogP contribution is 2.31. The number of carbonyl (C=O) groups is 1. The van der Waals surface area contributed by atoms with Gasteiger partial charge in [-0.15, -0.1) is 12.4 Å². The van der Waals surface area contributed by atoms with Gasteiger partial charge in [0.25, 0.3) is 0 Å². The fourth-order valence-electron chi connectivity index (χ4n) is 3.01. The Labute approximate surface area is 117 Å². The van der Waals surface area contributed by atoms with Crippen LogP contribution in [0.5, 0.6) is 0 Å². The van der Waals surface area contributed by atoms with Crippen molar-refractivity contribution < 1.29 is 4.79 Å². The van der Waals surface area contributed by atoms with Gasteiger partial charge in [-0.25, -0.2) is 0 Å². The summed E-state index contributed by atoms with van der Waals surface area (Å²) in [5, 5.41) is 6.63. The third-order valence-corrected chi connectivity index (χ3v) is 4.51. The van der Waals surface area contributed by atoms with E-state index in [1.807, 2.05) is 0 Å². The van der Waals surface area contributed by atoms with Crippen LogP contribution in [-0.4, -0.2) is 24.5 Å². The molecule has 1 aliphatic heterocycles. The lowest BCUT2D eigenvalue weighted by atomic mass is 9.78. The zero-order chi connectivity index (χ0) is 12.3. The van der Waals surface area contributed by atoms with Gasteiger partial charge >= 0.3 is 0 Å². The first-order chi connectivity index (χ1) is 8.09. The van der Waals surface area contributed by atoms with E-state index in [0.29, 0.717) is 5.91 Å². The third kappa shape index (κ3) is 4.13. The summed E-state index contributed by atoms with van der Waals surface area (Å²) >= 11 is 0. The molecule has 4 heteroatoms. The average Bonchev–Trinajstić information content (AvgIpc) is 2.34. The Morgan fingerprint density at radius 1 is 1.17 bits per heavy atom. The maximum Gasteiger partial charge on any atom is 0.223 e. The molecule has 1 aliphatic carbocycles. The number of hydrogen-bond donors (Lipinski definition) is 2. The second-order valence-corrected chi connectivity index (χ2v) is 6.26. The Hall–Kier alpha value is -0.280. The Balaban J connectivity index is 0.00000162. The molecule has 0 atom stereocenters. The molecular weight excluding hydrogens is 248 g/mol. The summed E-state index contributed by atoms with van der Waals surface area (Å²) in [6, 6.07) is 0. The molecule has 106 valence electrons. The molecule has 2 aliphatic rings. The Kier molecular flexibility index (Phi) is 5.93. The van der Waals surface area contributed by atoms with Crippen LogP contribution in [0, 0.1) is 11.8 Å². The fraction of sp³-hybridized carbons (Fsp3) is 0.929. The van der Waals surface area contributed by atoms with Crippen LogP contribution in [0.2, 0.25) is 0 Å². The van der Waals surface area contributed by atoms with E-state index < -0.39 is 0 Å². The van der Waals surface area contributed by atoms with Gasteiger partial charge in [-0.3, -0.25) is 4.79 Å². The normalized spacial score (nSPS) is 33.6. The molecule has 1 amide bonds. The second kappa shape index (κ2) is 6.76. The quantitative estimate of drug-likeness (QED) is 0.812. The van der Waals surface area contributed by atoms with Gasteiger partial charge in [0.05, 0.1) is 0 Å². The van der Waals surface area contributed by atoms with Crippen LogP contribution in [-0.2, 0) is 4.79 Å². The number of rotatable bonds is 2. The van der Waals surface area contributed by atoms with Gasteiger partial charge in [0.2, 0.25) is 5.91 Å². The summed E-state index contributed by atoms with van der Waals surface area (Å²) in [5.74, 6) is 1.37. The van der Waals surface area contributed by atoms with Crippen LogP contribution in [0.25, 0.3) is 0 Å². The molecule has 2 N–H and O–H groups in total. The Morgan fingerprint density at radius 3 is 2.28 bits per heavy atom. The molecule has 0 unspecified atom stereocenters. The van der Waals surface area contributed by atoms with Crippen molar-refractivity contribution in [2.24, 2.45) is 11.8 Å². The van der Waals surface area contributed by atoms with Crippen molar-refractivity contribution >= 4 is 18.3 Å². The number of carbonyl (C=O) groups excluding carboxylic acids is 1. The lowest BCUT2D eigenvalue weighted by Gasteiger charge is -2.38. The molecule has 2 fully saturated rings. The minimum absolute atomic E-state index is 0. The number of amides is 1. The third-order valence-electron chi connectivity index (χ3n) is 4.51. The van der Waals surface area contributed by atoms with Crippen LogP contribution in [0.4, 0.5) is 0 Å². The molecule has 0 aromatic carbocycles. The molecule has 0 aromatic rings. The first kappa shape index (κ1) is 15.8. The van der Waals surface area contributed by atoms with Crippen molar-refractivity contribution in [3.05, 3.63) is 0 Å². The number of piperidine rings is 1. The first-order valence-corrected chi connectivity index (χ1v) is 7.12. The van der Waals surface area contributed by atoms with Crippen molar-refractivity contribution in [2.45, 2.75) is 57.9 Å². The zero-order valence-electron chi connectivity index (χ0n) is 11.6. The average molecular weight is 275 g/mol. The van der Waals surface area contributed by atoms with Gasteiger partial charge in [0.15, 0.2) is 0 Å². The lowest BCUT2D eigenvalue weighted by molar-refractivity contribution is -0.128. The molecule has 18 heavy (non-hydrogen) atoms. The van der Waals surface area contributed by atoms with Crippen LogP contribution < -0.4 is 10.6 Å². The van der Waals surface area contributed by atoms with Gasteiger partial charge in [-0.1, -0.05) is 6.92 Å². The highest BCUT2D eigenvalue weighted by molar-refractivity contribution is 5.85. The smallest absolute Gasteiger partial charge is 0.223 e. The van der Waals surface area contributed by atoms with Gasteiger partial charge in [0.1, 0.15) is 0 Å².